The standard InChI is InChI=1S/C10H11N6OS2/c1-3-16-10(12-14-15-16)18-19-6-7-4-5-8(17-2)11-9(7)13-19/h4-6H,3H2,1-2H3/q+1. The Balaban J connectivity index is 1.93. The second-order valence-electron chi connectivity index (χ2n) is 3.61. The van der Waals surface area contributed by atoms with Gasteiger partial charge in [0.1, 0.15) is 0 Å². The van der Waals surface area contributed by atoms with E-state index in [0.717, 1.165) is 17.1 Å². The van der Waals surface area contributed by atoms with E-state index < -0.39 is 0 Å². The minimum absolute atomic E-state index is 0.340. The monoisotopic (exact) mass is 295 g/mol. The molecule has 0 saturated heterocycles. The molecule has 0 N–H and O–H groups in total. The quantitative estimate of drug-likeness (QED) is 0.537. The lowest BCUT2D eigenvalue weighted by Gasteiger charge is -1.93. The van der Waals surface area contributed by atoms with E-state index in [2.05, 4.69) is 30.3 Å². The molecular formula is C10H11N6OS2+. The van der Waals surface area contributed by atoms with Crippen molar-refractivity contribution in [1.82, 2.24) is 29.6 Å². The maximum Gasteiger partial charge on any atom is 0.268 e. The highest BCUT2D eigenvalue weighted by Crippen LogP contribution is 2.38. The summed E-state index contributed by atoms with van der Waals surface area (Å²) in [5, 5.41) is 15.4. The number of aryl methyl sites for hydroxylation is 1. The third kappa shape index (κ3) is 2.38. The molecule has 0 fully saturated rings. The third-order valence-corrected chi connectivity index (χ3v) is 5.34. The molecule has 19 heavy (non-hydrogen) atoms. The highest BCUT2D eigenvalue weighted by molar-refractivity contribution is 8.44. The molecule has 3 rings (SSSR count). The summed E-state index contributed by atoms with van der Waals surface area (Å²) >= 11 is 0. The molecule has 0 spiro atoms. The van der Waals surface area contributed by atoms with Gasteiger partial charge in [-0.25, -0.2) is 4.68 Å². The molecule has 0 bridgehead atoms. The molecule has 1 atom stereocenters. The van der Waals surface area contributed by atoms with E-state index >= 15 is 0 Å². The van der Waals surface area contributed by atoms with Gasteiger partial charge >= 0.3 is 0 Å². The molecule has 0 radical (unpaired) electrons. The third-order valence-electron chi connectivity index (χ3n) is 2.45. The lowest BCUT2D eigenvalue weighted by Crippen LogP contribution is -1.97. The van der Waals surface area contributed by atoms with Crippen molar-refractivity contribution in [2.24, 2.45) is 0 Å². The summed E-state index contributed by atoms with van der Waals surface area (Å²) < 4.78 is 11.4. The van der Waals surface area contributed by atoms with Crippen molar-refractivity contribution in [2.45, 2.75) is 18.6 Å². The minimum atomic E-state index is -0.340. The molecule has 3 heterocycles. The molecule has 98 valence electrons. The summed E-state index contributed by atoms with van der Waals surface area (Å²) in [4.78, 5) is 4.31. The number of fused-ring (bicyclic) bond motifs is 1. The van der Waals surface area contributed by atoms with E-state index in [9.17, 15) is 0 Å². The maximum absolute atomic E-state index is 5.09. The Morgan fingerprint density at radius 2 is 2.32 bits per heavy atom. The van der Waals surface area contributed by atoms with Crippen LogP contribution in [0.3, 0.4) is 0 Å². The van der Waals surface area contributed by atoms with Crippen LogP contribution in [-0.2, 0) is 6.54 Å². The number of rotatable bonds is 4. The summed E-state index contributed by atoms with van der Waals surface area (Å²) in [5.74, 6) is 0.574. The van der Waals surface area contributed by atoms with Crippen LogP contribution in [0.5, 0.6) is 5.88 Å². The Hall–Kier alpha value is -1.74. The first kappa shape index (κ1) is 12.3. The molecule has 0 amide bonds. The molecular weight excluding hydrogens is 284 g/mol. The van der Waals surface area contributed by atoms with Crippen molar-refractivity contribution in [2.75, 3.05) is 7.11 Å². The minimum Gasteiger partial charge on any atom is -0.481 e. The number of methoxy groups -OCH3 is 1. The first-order valence-electron chi connectivity index (χ1n) is 5.59. The molecule has 0 aliphatic heterocycles. The number of tetrazole rings is 1. The van der Waals surface area contributed by atoms with Gasteiger partial charge in [-0.1, -0.05) is 5.10 Å². The molecule has 1 unspecified atom stereocenters. The summed E-state index contributed by atoms with van der Waals surface area (Å²) in [7, 11) is 2.79. The average Bonchev–Trinajstić information content (AvgIpc) is 3.03. The number of nitrogens with zero attached hydrogens (tertiary/aromatic N) is 6. The predicted molar refractivity (Wildman–Crippen MR) is 73.3 cm³/mol. The lowest BCUT2D eigenvalue weighted by molar-refractivity contribution is 0.399. The van der Waals surface area contributed by atoms with Gasteiger partial charge in [0.2, 0.25) is 22.3 Å². The van der Waals surface area contributed by atoms with Crippen LogP contribution in [0.4, 0.5) is 0 Å². The number of ether oxygens (including phenoxy) is 1. The van der Waals surface area contributed by atoms with Crippen LogP contribution in [0.2, 0.25) is 0 Å². The van der Waals surface area contributed by atoms with Gasteiger partial charge in [-0.05, 0) is 27.8 Å². The van der Waals surface area contributed by atoms with Gasteiger partial charge in [0.15, 0.2) is 15.1 Å². The SMILES string of the molecule is CCn1nnnc1S[s+]1cc2ccc(OC)nc2n1. The van der Waals surface area contributed by atoms with Gasteiger partial charge in [0.05, 0.1) is 12.5 Å². The van der Waals surface area contributed by atoms with E-state index in [-0.39, 0.29) is 9.70 Å². The van der Waals surface area contributed by atoms with Gasteiger partial charge in [-0.3, -0.25) is 0 Å². The molecule has 9 heteroatoms. The predicted octanol–water partition coefficient (Wildman–Crippen LogP) is 1.95. The van der Waals surface area contributed by atoms with Crippen molar-refractivity contribution in [3.8, 4) is 5.88 Å². The molecule has 3 aromatic rings. The fraction of sp³-hybridized carbons (Fsp3) is 0.300. The Morgan fingerprint density at radius 3 is 3.11 bits per heavy atom. The summed E-state index contributed by atoms with van der Waals surface area (Å²) in [6.07, 6.45) is 0. The van der Waals surface area contributed by atoms with Gasteiger partial charge in [-0.2, -0.15) is 4.98 Å². The normalized spacial score (nSPS) is 12.0. The molecule has 3 aromatic heterocycles. The van der Waals surface area contributed by atoms with Crippen LogP contribution in [-0.4, -0.2) is 36.7 Å². The highest BCUT2D eigenvalue weighted by Gasteiger charge is 2.20. The number of hydrogen-bond donors (Lipinski definition) is 0. The first-order valence-corrected chi connectivity index (χ1v) is 8.17. The maximum atomic E-state index is 5.09. The summed E-state index contributed by atoms with van der Waals surface area (Å²) in [6, 6.07) is 3.79. The van der Waals surface area contributed by atoms with Crippen LogP contribution in [0.1, 0.15) is 6.92 Å². The summed E-state index contributed by atoms with van der Waals surface area (Å²) in [6.45, 7) is 2.74. The van der Waals surface area contributed by atoms with Gasteiger partial charge in [0, 0.05) is 12.6 Å². The van der Waals surface area contributed by atoms with Gasteiger partial charge < -0.3 is 4.74 Å². The van der Waals surface area contributed by atoms with Crippen molar-refractivity contribution >= 4 is 31.5 Å². The second kappa shape index (κ2) is 5.10. The fourth-order valence-electron chi connectivity index (χ4n) is 1.51. The van der Waals surface area contributed by atoms with Gasteiger partial charge in [-0.15, -0.1) is 0 Å². The van der Waals surface area contributed by atoms with Crippen LogP contribution in [0, 0.1) is 0 Å². The first-order chi connectivity index (χ1) is 9.30. The van der Waals surface area contributed by atoms with Crippen LogP contribution >= 0.6 is 20.5 Å². The van der Waals surface area contributed by atoms with Crippen LogP contribution in [0.25, 0.3) is 11.0 Å². The number of pyridine rings is 1. The zero-order chi connectivity index (χ0) is 13.2. The van der Waals surface area contributed by atoms with E-state index in [1.54, 1.807) is 11.8 Å². The van der Waals surface area contributed by atoms with Crippen LogP contribution < -0.4 is 4.74 Å². The van der Waals surface area contributed by atoms with E-state index in [4.69, 9.17) is 4.74 Å². The fourth-order valence-corrected chi connectivity index (χ4v) is 4.44. The molecule has 7 nitrogen and oxygen atoms in total. The lowest BCUT2D eigenvalue weighted by atomic mass is 10.4. The Kier molecular flexibility index (Phi) is 3.30. The number of aromatic nitrogens is 6. The molecule has 0 aliphatic carbocycles. The van der Waals surface area contributed by atoms with E-state index in [1.807, 2.05) is 19.1 Å². The Labute approximate surface area is 115 Å². The van der Waals surface area contributed by atoms with Crippen molar-refractivity contribution in [3.05, 3.63) is 17.5 Å². The Morgan fingerprint density at radius 1 is 1.42 bits per heavy atom. The second-order valence-corrected chi connectivity index (χ2v) is 6.64. The topological polar surface area (TPSA) is 78.6 Å². The smallest absolute Gasteiger partial charge is 0.268 e. The van der Waals surface area contributed by atoms with Crippen molar-refractivity contribution in [3.63, 3.8) is 0 Å². The Bertz CT molecular complexity index is 709. The zero-order valence-electron chi connectivity index (χ0n) is 10.3. The average molecular weight is 295 g/mol. The largest absolute Gasteiger partial charge is 0.481 e. The van der Waals surface area contributed by atoms with E-state index in [0.29, 0.717) is 11.5 Å². The molecule has 0 aromatic carbocycles. The van der Waals surface area contributed by atoms with Crippen molar-refractivity contribution in [1.29, 1.82) is 0 Å². The molecule has 0 aliphatic rings. The van der Waals surface area contributed by atoms with Crippen LogP contribution in [0.15, 0.2) is 22.7 Å². The zero-order valence-corrected chi connectivity index (χ0v) is 12.0. The van der Waals surface area contributed by atoms with Crippen molar-refractivity contribution < 1.29 is 4.74 Å². The summed E-state index contributed by atoms with van der Waals surface area (Å²) in [5.41, 5.74) is 0.714. The van der Waals surface area contributed by atoms with E-state index in [1.165, 1.54) is 10.8 Å². The van der Waals surface area contributed by atoms with Gasteiger partial charge in [0.25, 0.3) is 5.16 Å². The molecule has 0 saturated carbocycles. The highest BCUT2D eigenvalue weighted by atomic mass is 33.1. The number of hydrogen-bond acceptors (Lipinski definition) is 7.